The SMILES string of the molecule is CNC(CSc1ccccc1)Cc1ccccc1C. The topological polar surface area (TPSA) is 12.0 Å². The molecule has 100 valence electrons. The Morgan fingerprint density at radius 1 is 1.00 bits per heavy atom. The van der Waals surface area contributed by atoms with Crippen molar-refractivity contribution in [2.75, 3.05) is 12.8 Å². The normalized spacial score (nSPS) is 12.3. The molecule has 0 fully saturated rings. The van der Waals surface area contributed by atoms with Crippen molar-refractivity contribution in [1.82, 2.24) is 5.32 Å². The van der Waals surface area contributed by atoms with Crippen molar-refractivity contribution in [3.8, 4) is 0 Å². The molecular formula is C17H21NS. The zero-order valence-corrected chi connectivity index (χ0v) is 12.4. The van der Waals surface area contributed by atoms with E-state index in [-0.39, 0.29) is 0 Å². The van der Waals surface area contributed by atoms with E-state index in [4.69, 9.17) is 0 Å². The molecule has 0 aromatic heterocycles. The lowest BCUT2D eigenvalue weighted by Gasteiger charge is -2.17. The van der Waals surface area contributed by atoms with E-state index in [0.717, 1.165) is 12.2 Å². The molecule has 0 aliphatic heterocycles. The summed E-state index contributed by atoms with van der Waals surface area (Å²) >= 11 is 1.92. The first kappa shape index (κ1) is 14.2. The molecule has 0 amide bonds. The summed E-state index contributed by atoms with van der Waals surface area (Å²) in [6, 6.07) is 19.7. The maximum atomic E-state index is 3.43. The summed E-state index contributed by atoms with van der Waals surface area (Å²) in [6.45, 7) is 2.19. The third-order valence-electron chi connectivity index (χ3n) is 3.33. The van der Waals surface area contributed by atoms with Gasteiger partial charge in [-0.1, -0.05) is 42.5 Å². The van der Waals surface area contributed by atoms with Crippen LogP contribution in [0.1, 0.15) is 11.1 Å². The van der Waals surface area contributed by atoms with E-state index in [1.165, 1.54) is 16.0 Å². The molecule has 1 atom stereocenters. The van der Waals surface area contributed by atoms with Gasteiger partial charge in [0.2, 0.25) is 0 Å². The Bertz CT molecular complexity index is 496. The first-order valence-corrected chi connectivity index (χ1v) is 7.68. The highest BCUT2D eigenvalue weighted by Crippen LogP contribution is 2.19. The van der Waals surface area contributed by atoms with Gasteiger partial charge in [0.1, 0.15) is 0 Å². The van der Waals surface area contributed by atoms with E-state index < -0.39 is 0 Å². The van der Waals surface area contributed by atoms with E-state index in [2.05, 4.69) is 73.9 Å². The van der Waals surface area contributed by atoms with Crippen LogP contribution in [-0.4, -0.2) is 18.8 Å². The zero-order valence-electron chi connectivity index (χ0n) is 11.6. The highest BCUT2D eigenvalue weighted by Gasteiger charge is 2.09. The molecule has 0 aliphatic rings. The zero-order chi connectivity index (χ0) is 13.5. The van der Waals surface area contributed by atoms with Crippen molar-refractivity contribution in [3.05, 3.63) is 65.7 Å². The van der Waals surface area contributed by atoms with Gasteiger partial charge in [-0.2, -0.15) is 0 Å². The molecule has 2 heteroatoms. The minimum absolute atomic E-state index is 0.506. The van der Waals surface area contributed by atoms with Crippen molar-refractivity contribution in [2.24, 2.45) is 0 Å². The van der Waals surface area contributed by atoms with Gasteiger partial charge >= 0.3 is 0 Å². The van der Waals surface area contributed by atoms with Gasteiger partial charge in [0, 0.05) is 16.7 Å². The fourth-order valence-electron chi connectivity index (χ4n) is 2.06. The summed E-state index contributed by atoms with van der Waals surface area (Å²) in [4.78, 5) is 1.34. The Balaban J connectivity index is 1.92. The highest BCUT2D eigenvalue weighted by atomic mass is 32.2. The molecule has 0 saturated carbocycles. The molecule has 0 bridgehead atoms. The molecular weight excluding hydrogens is 250 g/mol. The van der Waals surface area contributed by atoms with Crippen LogP contribution in [0.15, 0.2) is 59.5 Å². The summed E-state index contributed by atoms with van der Waals surface area (Å²) in [5, 5.41) is 3.43. The molecule has 1 unspecified atom stereocenters. The molecule has 0 radical (unpaired) electrons. The van der Waals surface area contributed by atoms with Gasteiger partial charge in [0.25, 0.3) is 0 Å². The number of thioether (sulfide) groups is 1. The summed E-state index contributed by atoms with van der Waals surface area (Å²) in [6.07, 6.45) is 1.09. The molecule has 2 rings (SSSR count). The van der Waals surface area contributed by atoms with Gasteiger partial charge in [0.15, 0.2) is 0 Å². The Labute approximate surface area is 120 Å². The quantitative estimate of drug-likeness (QED) is 0.799. The lowest BCUT2D eigenvalue weighted by molar-refractivity contribution is 0.615. The van der Waals surface area contributed by atoms with Crippen LogP contribution < -0.4 is 5.32 Å². The summed E-state index contributed by atoms with van der Waals surface area (Å²) in [5.74, 6) is 1.09. The number of nitrogens with one attached hydrogen (secondary N) is 1. The van der Waals surface area contributed by atoms with E-state index in [9.17, 15) is 0 Å². The van der Waals surface area contributed by atoms with Crippen molar-refractivity contribution < 1.29 is 0 Å². The lowest BCUT2D eigenvalue weighted by atomic mass is 10.0. The van der Waals surface area contributed by atoms with Gasteiger partial charge in [-0.25, -0.2) is 0 Å². The maximum Gasteiger partial charge on any atom is 0.0199 e. The number of hydrogen-bond donors (Lipinski definition) is 1. The average Bonchev–Trinajstić information content (AvgIpc) is 2.46. The van der Waals surface area contributed by atoms with Gasteiger partial charge in [-0.15, -0.1) is 11.8 Å². The van der Waals surface area contributed by atoms with Crippen LogP contribution in [-0.2, 0) is 6.42 Å². The number of likely N-dealkylation sites (N-methyl/N-ethyl adjacent to an activating group) is 1. The van der Waals surface area contributed by atoms with Crippen LogP contribution in [0, 0.1) is 6.92 Å². The standard InChI is InChI=1S/C17H21NS/c1-14-8-6-7-9-15(14)12-16(18-2)13-19-17-10-4-3-5-11-17/h3-11,16,18H,12-13H2,1-2H3. The summed E-state index contributed by atoms with van der Waals surface area (Å²) in [7, 11) is 2.05. The predicted octanol–water partition coefficient (Wildman–Crippen LogP) is 3.92. The lowest BCUT2D eigenvalue weighted by Crippen LogP contribution is -2.30. The Morgan fingerprint density at radius 3 is 2.37 bits per heavy atom. The fraction of sp³-hybridized carbons (Fsp3) is 0.294. The third kappa shape index (κ3) is 4.41. The molecule has 19 heavy (non-hydrogen) atoms. The molecule has 2 aromatic carbocycles. The van der Waals surface area contributed by atoms with Crippen LogP contribution in [0.4, 0.5) is 0 Å². The van der Waals surface area contributed by atoms with Gasteiger partial charge in [-0.3, -0.25) is 0 Å². The van der Waals surface area contributed by atoms with Crippen LogP contribution in [0.5, 0.6) is 0 Å². The average molecular weight is 271 g/mol. The van der Waals surface area contributed by atoms with Crippen LogP contribution in [0.25, 0.3) is 0 Å². The highest BCUT2D eigenvalue weighted by molar-refractivity contribution is 7.99. The van der Waals surface area contributed by atoms with Crippen LogP contribution >= 0.6 is 11.8 Å². The van der Waals surface area contributed by atoms with Crippen molar-refractivity contribution in [3.63, 3.8) is 0 Å². The van der Waals surface area contributed by atoms with Crippen LogP contribution in [0.3, 0.4) is 0 Å². The number of benzene rings is 2. The number of rotatable bonds is 6. The Hall–Kier alpha value is -1.25. The first-order chi connectivity index (χ1) is 9.29. The number of hydrogen-bond acceptors (Lipinski definition) is 2. The van der Waals surface area contributed by atoms with Crippen molar-refractivity contribution in [1.29, 1.82) is 0 Å². The molecule has 1 N–H and O–H groups in total. The second-order valence-electron chi connectivity index (χ2n) is 4.74. The first-order valence-electron chi connectivity index (χ1n) is 6.69. The monoisotopic (exact) mass is 271 g/mol. The number of aryl methyl sites for hydroxylation is 1. The summed E-state index contributed by atoms with van der Waals surface area (Å²) in [5.41, 5.74) is 2.82. The minimum atomic E-state index is 0.506. The molecule has 2 aromatic rings. The van der Waals surface area contributed by atoms with Gasteiger partial charge in [0.05, 0.1) is 0 Å². The van der Waals surface area contributed by atoms with E-state index in [0.29, 0.717) is 6.04 Å². The third-order valence-corrected chi connectivity index (χ3v) is 4.50. The van der Waals surface area contributed by atoms with Crippen molar-refractivity contribution in [2.45, 2.75) is 24.3 Å². The van der Waals surface area contributed by atoms with Gasteiger partial charge in [-0.05, 0) is 43.7 Å². The Morgan fingerprint density at radius 2 is 1.68 bits per heavy atom. The smallest absolute Gasteiger partial charge is 0.0199 e. The van der Waals surface area contributed by atoms with E-state index in [1.807, 2.05) is 11.8 Å². The van der Waals surface area contributed by atoms with Gasteiger partial charge < -0.3 is 5.32 Å². The second-order valence-corrected chi connectivity index (χ2v) is 5.83. The largest absolute Gasteiger partial charge is 0.316 e. The summed E-state index contributed by atoms with van der Waals surface area (Å²) < 4.78 is 0. The fourth-order valence-corrected chi connectivity index (χ4v) is 3.09. The van der Waals surface area contributed by atoms with Crippen LogP contribution in [0.2, 0.25) is 0 Å². The molecule has 1 nitrogen and oxygen atoms in total. The predicted molar refractivity (Wildman–Crippen MR) is 84.9 cm³/mol. The molecule has 0 saturated heterocycles. The maximum absolute atomic E-state index is 3.43. The molecule has 0 heterocycles. The Kier molecular flexibility index (Phi) is 5.49. The van der Waals surface area contributed by atoms with Crippen molar-refractivity contribution >= 4 is 11.8 Å². The van der Waals surface area contributed by atoms with E-state index in [1.54, 1.807) is 0 Å². The molecule has 0 aliphatic carbocycles. The second kappa shape index (κ2) is 7.37. The van der Waals surface area contributed by atoms with E-state index >= 15 is 0 Å². The minimum Gasteiger partial charge on any atom is -0.316 e. The molecule has 0 spiro atoms.